The van der Waals surface area contributed by atoms with E-state index in [1.54, 1.807) is 6.20 Å². The molecule has 0 aliphatic rings. The summed E-state index contributed by atoms with van der Waals surface area (Å²) in [4.78, 5) is 0. The van der Waals surface area contributed by atoms with Gasteiger partial charge in [0.2, 0.25) is 0 Å². The topological polar surface area (TPSA) is 25.8 Å². The van der Waals surface area contributed by atoms with Gasteiger partial charge in [0.25, 0.3) is 0 Å². The van der Waals surface area contributed by atoms with Gasteiger partial charge in [0.15, 0.2) is 0 Å². The molecule has 1 heterocycles. The molecule has 0 aliphatic heterocycles. The fraction of sp³-hybridized carbons (Fsp3) is 0.200. The molecule has 0 N–H and O–H groups in total. The van der Waals surface area contributed by atoms with Crippen molar-refractivity contribution in [3.63, 3.8) is 0 Å². The van der Waals surface area contributed by atoms with Crippen LogP contribution in [0.3, 0.4) is 0 Å². The highest BCUT2D eigenvalue weighted by Crippen LogP contribution is 2.23. The molecule has 2 nitrogen and oxygen atoms in total. The quantitative estimate of drug-likeness (QED) is 0.642. The van der Waals surface area contributed by atoms with Crippen LogP contribution in [0.15, 0.2) is 18.3 Å². The molecule has 13 heavy (non-hydrogen) atoms. The van der Waals surface area contributed by atoms with Crippen molar-refractivity contribution in [2.45, 2.75) is 13.8 Å². The molecule has 1 aromatic carbocycles. The summed E-state index contributed by atoms with van der Waals surface area (Å²) in [6.45, 7) is 3.96. The maximum Gasteiger partial charge on any atom is 0.0679 e. The minimum atomic E-state index is 0.751. The van der Waals surface area contributed by atoms with E-state index < -0.39 is 0 Å². The second-order valence-electron chi connectivity index (χ2n) is 3.11. The van der Waals surface area contributed by atoms with Crippen LogP contribution in [-0.4, -0.2) is 10.2 Å². The first kappa shape index (κ1) is 8.45. The van der Waals surface area contributed by atoms with Gasteiger partial charge in [-0.05, 0) is 31.5 Å². The number of benzene rings is 1. The van der Waals surface area contributed by atoms with E-state index in [-0.39, 0.29) is 0 Å². The van der Waals surface area contributed by atoms with Crippen LogP contribution >= 0.6 is 11.6 Å². The molecule has 0 spiro atoms. The lowest BCUT2D eigenvalue weighted by molar-refractivity contribution is 1.00. The molecule has 0 amide bonds. The average Bonchev–Trinajstić information content (AvgIpc) is 2.07. The second-order valence-corrected chi connectivity index (χ2v) is 3.55. The number of hydrogen-bond donors (Lipinski definition) is 0. The lowest BCUT2D eigenvalue weighted by Gasteiger charge is -2.03. The zero-order chi connectivity index (χ0) is 9.42. The van der Waals surface area contributed by atoms with E-state index in [2.05, 4.69) is 10.2 Å². The molecule has 0 saturated heterocycles. The summed E-state index contributed by atoms with van der Waals surface area (Å²) in [6, 6.07) is 3.86. The molecule has 0 atom stereocenters. The molecular formula is C10H9ClN2. The highest BCUT2D eigenvalue weighted by Gasteiger charge is 2.02. The van der Waals surface area contributed by atoms with Crippen molar-refractivity contribution in [2.75, 3.05) is 0 Å². The van der Waals surface area contributed by atoms with E-state index >= 15 is 0 Å². The summed E-state index contributed by atoms with van der Waals surface area (Å²) in [5.41, 5.74) is 2.06. The third kappa shape index (κ3) is 1.38. The SMILES string of the molecule is Cc1cc(Cl)cc2c(C)nncc12. The van der Waals surface area contributed by atoms with Gasteiger partial charge >= 0.3 is 0 Å². The highest BCUT2D eigenvalue weighted by atomic mass is 35.5. The smallest absolute Gasteiger partial charge is 0.0679 e. The number of aromatic nitrogens is 2. The Kier molecular flexibility index (Phi) is 1.93. The van der Waals surface area contributed by atoms with Crippen LogP contribution in [0.1, 0.15) is 11.3 Å². The summed E-state index contributed by atoms with van der Waals surface area (Å²) in [5.74, 6) is 0. The zero-order valence-electron chi connectivity index (χ0n) is 7.50. The van der Waals surface area contributed by atoms with E-state index in [4.69, 9.17) is 11.6 Å². The Labute approximate surface area is 81.6 Å². The molecule has 66 valence electrons. The van der Waals surface area contributed by atoms with Gasteiger partial charge in [0, 0.05) is 15.8 Å². The van der Waals surface area contributed by atoms with Crippen molar-refractivity contribution in [1.82, 2.24) is 10.2 Å². The van der Waals surface area contributed by atoms with E-state index in [0.717, 1.165) is 27.1 Å². The molecule has 0 saturated carbocycles. The average molecular weight is 193 g/mol. The number of nitrogens with zero attached hydrogens (tertiary/aromatic N) is 2. The van der Waals surface area contributed by atoms with Crippen LogP contribution in [0.2, 0.25) is 5.02 Å². The van der Waals surface area contributed by atoms with Crippen molar-refractivity contribution < 1.29 is 0 Å². The summed E-state index contributed by atoms with van der Waals surface area (Å²) in [7, 11) is 0. The molecule has 2 aromatic rings. The lowest BCUT2D eigenvalue weighted by Crippen LogP contribution is -1.89. The minimum absolute atomic E-state index is 0.751. The first-order chi connectivity index (χ1) is 6.18. The molecule has 2 rings (SSSR count). The normalized spacial score (nSPS) is 10.7. The van der Waals surface area contributed by atoms with Gasteiger partial charge in [-0.3, -0.25) is 0 Å². The van der Waals surface area contributed by atoms with Crippen LogP contribution in [0.4, 0.5) is 0 Å². The maximum absolute atomic E-state index is 5.95. The summed E-state index contributed by atoms with van der Waals surface area (Å²) in [6.07, 6.45) is 1.77. The molecule has 0 fully saturated rings. The van der Waals surface area contributed by atoms with Gasteiger partial charge in [0.05, 0.1) is 11.9 Å². The molecule has 0 aliphatic carbocycles. The lowest BCUT2D eigenvalue weighted by atomic mass is 10.1. The molecular weight excluding hydrogens is 184 g/mol. The number of hydrogen-bond acceptors (Lipinski definition) is 2. The van der Waals surface area contributed by atoms with Gasteiger partial charge in [-0.15, -0.1) is 0 Å². The number of fused-ring (bicyclic) bond motifs is 1. The highest BCUT2D eigenvalue weighted by molar-refractivity contribution is 6.31. The van der Waals surface area contributed by atoms with Crippen molar-refractivity contribution in [2.24, 2.45) is 0 Å². The third-order valence-electron chi connectivity index (χ3n) is 2.14. The van der Waals surface area contributed by atoms with Gasteiger partial charge in [-0.1, -0.05) is 11.6 Å². The van der Waals surface area contributed by atoms with Crippen LogP contribution in [-0.2, 0) is 0 Å². The van der Waals surface area contributed by atoms with Gasteiger partial charge in [-0.2, -0.15) is 10.2 Å². The first-order valence-electron chi connectivity index (χ1n) is 4.06. The molecule has 0 unspecified atom stereocenters. The van der Waals surface area contributed by atoms with Crippen molar-refractivity contribution in [3.8, 4) is 0 Å². The van der Waals surface area contributed by atoms with Gasteiger partial charge in [0.1, 0.15) is 0 Å². The summed E-state index contributed by atoms with van der Waals surface area (Å²) >= 11 is 5.95. The maximum atomic E-state index is 5.95. The van der Waals surface area contributed by atoms with Crippen LogP contribution in [0.5, 0.6) is 0 Å². The fourth-order valence-corrected chi connectivity index (χ4v) is 1.72. The van der Waals surface area contributed by atoms with E-state index in [1.807, 2.05) is 26.0 Å². The zero-order valence-corrected chi connectivity index (χ0v) is 8.26. The van der Waals surface area contributed by atoms with Crippen LogP contribution in [0, 0.1) is 13.8 Å². The fourth-order valence-electron chi connectivity index (χ4n) is 1.45. The van der Waals surface area contributed by atoms with E-state index in [1.165, 1.54) is 0 Å². The Bertz CT molecular complexity index is 466. The number of halogens is 1. The third-order valence-corrected chi connectivity index (χ3v) is 2.35. The second kappa shape index (κ2) is 2.96. The monoisotopic (exact) mass is 192 g/mol. The van der Waals surface area contributed by atoms with E-state index in [0.29, 0.717) is 0 Å². The summed E-state index contributed by atoms with van der Waals surface area (Å²) < 4.78 is 0. The Hall–Kier alpha value is -1.15. The molecule has 3 heteroatoms. The predicted octanol–water partition coefficient (Wildman–Crippen LogP) is 2.90. The Morgan fingerprint density at radius 2 is 1.92 bits per heavy atom. The van der Waals surface area contributed by atoms with Crippen molar-refractivity contribution in [1.29, 1.82) is 0 Å². The Morgan fingerprint density at radius 3 is 2.69 bits per heavy atom. The summed E-state index contributed by atoms with van der Waals surface area (Å²) in [5, 5.41) is 10.8. The largest absolute Gasteiger partial charge is 0.158 e. The van der Waals surface area contributed by atoms with Gasteiger partial charge < -0.3 is 0 Å². The molecule has 0 radical (unpaired) electrons. The van der Waals surface area contributed by atoms with Gasteiger partial charge in [-0.25, -0.2) is 0 Å². The Morgan fingerprint density at radius 1 is 1.15 bits per heavy atom. The Balaban J connectivity index is 2.94. The first-order valence-corrected chi connectivity index (χ1v) is 4.44. The minimum Gasteiger partial charge on any atom is -0.158 e. The molecule has 0 bridgehead atoms. The van der Waals surface area contributed by atoms with Crippen molar-refractivity contribution >= 4 is 22.4 Å². The molecule has 1 aromatic heterocycles. The predicted molar refractivity (Wildman–Crippen MR) is 54.0 cm³/mol. The van der Waals surface area contributed by atoms with Crippen molar-refractivity contribution in [3.05, 3.63) is 34.6 Å². The van der Waals surface area contributed by atoms with Crippen LogP contribution < -0.4 is 0 Å². The van der Waals surface area contributed by atoms with Crippen LogP contribution in [0.25, 0.3) is 10.8 Å². The number of aryl methyl sites for hydroxylation is 2. The standard InChI is InChI=1S/C10H9ClN2/c1-6-3-8(11)4-9-7(2)13-12-5-10(6)9/h3-5H,1-2H3. The van der Waals surface area contributed by atoms with E-state index in [9.17, 15) is 0 Å². The number of rotatable bonds is 0.